The van der Waals surface area contributed by atoms with E-state index in [4.69, 9.17) is 26.4 Å². The fourth-order valence-electron chi connectivity index (χ4n) is 3.18. The topological polar surface area (TPSA) is 71.7 Å². The zero-order chi connectivity index (χ0) is 16.6. The second kappa shape index (κ2) is 6.02. The van der Waals surface area contributed by atoms with Gasteiger partial charge in [0.25, 0.3) is 0 Å². The molecule has 2 unspecified atom stereocenters. The van der Waals surface area contributed by atoms with Crippen molar-refractivity contribution in [2.24, 2.45) is 11.1 Å². The first-order valence-electron chi connectivity index (χ1n) is 6.93. The van der Waals surface area contributed by atoms with Crippen LogP contribution in [0, 0.1) is 22.4 Å². The molecule has 1 saturated carbocycles. The summed E-state index contributed by atoms with van der Waals surface area (Å²) in [5.41, 5.74) is -0.147. The lowest BCUT2D eigenvalue weighted by Gasteiger charge is -2.23. The van der Waals surface area contributed by atoms with Crippen molar-refractivity contribution in [1.29, 1.82) is 5.26 Å². The molecule has 1 aromatic rings. The number of carbonyl (C=O) groups excluding carboxylic acids is 1. The Morgan fingerprint density at radius 1 is 1.65 bits per heavy atom. The minimum Gasteiger partial charge on any atom is -0.466 e. The van der Waals surface area contributed by atoms with Crippen LogP contribution in [0.3, 0.4) is 0 Å². The summed E-state index contributed by atoms with van der Waals surface area (Å²) in [4.78, 5) is 17.8. The van der Waals surface area contributed by atoms with Gasteiger partial charge >= 0.3 is 5.97 Å². The van der Waals surface area contributed by atoms with Crippen LogP contribution < -0.4 is 0 Å². The number of nitriles is 1. The van der Waals surface area contributed by atoms with Crippen LogP contribution in [0.5, 0.6) is 0 Å². The average Bonchev–Trinajstić information content (AvgIpc) is 3.09. The van der Waals surface area contributed by atoms with Gasteiger partial charge in [0.15, 0.2) is 0 Å². The second-order valence-electron chi connectivity index (χ2n) is 5.35. The summed E-state index contributed by atoms with van der Waals surface area (Å²) >= 11 is 6.85. The maximum absolute atomic E-state index is 13.8. The van der Waals surface area contributed by atoms with Crippen molar-refractivity contribution < 1.29 is 18.8 Å². The Kier molecular flexibility index (Phi) is 4.21. The third-order valence-corrected chi connectivity index (χ3v) is 5.16. The molecule has 0 aromatic heterocycles. The molecule has 8 heteroatoms. The molecule has 0 amide bonds. The Labute approximate surface area is 141 Å². The molecule has 1 aliphatic carbocycles. The van der Waals surface area contributed by atoms with Crippen LogP contribution in [0.4, 0.5) is 4.39 Å². The molecule has 3 rings (SSSR count). The molecule has 0 bridgehead atoms. The molecule has 2 aliphatic rings. The molecule has 0 spiro atoms. The number of hydrogen-bond donors (Lipinski definition) is 0. The summed E-state index contributed by atoms with van der Waals surface area (Å²) in [7, 11) is 1.31. The Morgan fingerprint density at radius 3 is 3.13 bits per heavy atom. The Bertz CT molecular complexity index is 749. The molecule has 0 radical (unpaired) electrons. The van der Waals surface area contributed by atoms with E-state index in [9.17, 15) is 9.18 Å². The van der Waals surface area contributed by atoms with Crippen LogP contribution in [-0.4, -0.2) is 24.4 Å². The van der Waals surface area contributed by atoms with Crippen molar-refractivity contribution in [2.75, 3.05) is 7.11 Å². The van der Waals surface area contributed by atoms with Gasteiger partial charge in [-0.15, -0.1) is 0 Å². The van der Waals surface area contributed by atoms with Gasteiger partial charge in [-0.1, -0.05) is 16.8 Å². The quantitative estimate of drug-likeness (QED) is 0.472. The number of halogens is 2. The predicted octanol–water partition coefficient (Wildman–Crippen LogP) is 3.50. The monoisotopic (exact) mass is 354 g/mol. The number of thioether (sulfide) groups is 1. The summed E-state index contributed by atoms with van der Waals surface area (Å²) in [5, 5.41) is 14.8. The first kappa shape index (κ1) is 16.1. The lowest BCUT2D eigenvalue weighted by molar-refractivity contribution is -0.168. The number of methoxy groups -OCH3 is 1. The van der Waals surface area contributed by atoms with Gasteiger partial charge < -0.3 is 9.57 Å². The average molecular weight is 355 g/mol. The molecule has 1 aromatic carbocycles. The SMILES string of the molecule is COC(=O)C12CCCC1C(c1cc(SC#N)c(F)cc1Cl)=NO2. The molecule has 1 fully saturated rings. The Balaban J connectivity index is 2.02. The molecule has 2 atom stereocenters. The molecular weight excluding hydrogens is 343 g/mol. The number of rotatable bonds is 3. The van der Waals surface area contributed by atoms with Crippen LogP contribution in [0.25, 0.3) is 0 Å². The second-order valence-corrected chi connectivity index (χ2v) is 6.58. The Morgan fingerprint density at radius 2 is 2.43 bits per heavy atom. The van der Waals surface area contributed by atoms with E-state index in [1.165, 1.54) is 13.2 Å². The van der Waals surface area contributed by atoms with E-state index in [-0.39, 0.29) is 15.8 Å². The summed E-state index contributed by atoms with van der Waals surface area (Å²) in [6.07, 6.45) is 2.00. The van der Waals surface area contributed by atoms with Crippen LogP contribution in [0.2, 0.25) is 5.02 Å². The fourth-order valence-corrected chi connectivity index (χ4v) is 3.86. The third kappa shape index (κ3) is 2.46. The maximum Gasteiger partial charge on any atom is 0.353 e. The Hall–Kier alpha value is -1.78. The first-order chi connectivity index (χ1) is 11.0. The number of nitrogens with zero attached hydrogens (tertiary/aromatic N) is 2. The van der Waals surface area contributed by atoms with E-state index in [1.807, 2.05) is 5.40 Å². The lowest BCUT2D eigenvalue weighted by Crippen LogP contribution is -2.43. The molecule has 23 heavy (non-hydrogen) atoms. The van der Waals surface area contributed by atoms with E-state index >= 15 is 0 Å². The van der Waals surface area contributed by atoms with E-state index < -0.39 is 17.4 Å². The smallest absolute Gasteiger partial charge is 0.353 e. The number of esters is 1. The van der Waals surface area contributed by atoms with Gasteiger partial charge in [0.2, 0.25) is 5.60 Å². The number of fused-ring (bicyclic) bond motifs is 1. The number of ether oxygens (including phenoxy) is 1. The minimum atomic E-state index is -1.12. The molecule has 1 aliphatic heterocycles. The fraction of sp³-hybridized carbons (Fsp3) is 0.400. The van der Waals surface area contributed by atoms with Crippen LogP contribution in [0.1, 0.15) is 24.8 Å². The molecule has 120 valence electrons. The highest BCUT2D eigenvalue weighted by atomic mass is 35.5. The van der Waals surface area contributed by atoms with Gasteiger partial charge in [-0.05, 0) is 36.7 Å². The number of carbonyl (C=O) groups is 1. The van der Waals surface area contributed by atoms with Gasteiger partial charge in [0.1, 0.15) is 11.2 Å². The highest BCUT2D eigenvalue weighted by Crippen LogP contribution is 2.47. The number of benzene rings is 1. The van der Waals surface area contributed by atoms with Crippen LogP contribution >= 0.6 is 23.4 Å². The predicted molar refractivity (Wildman–Crippen MR) is 82.6 cm³/mol. The van der Waals surface area contributed by atoms with Gasteiger partial charge in [0.05, 0.1) is 28.7 Å². The molecule has 0 saturated heterocycles. The molecule has 1 heterocycles. The zero-order valence-electron chi connectivity index (χ0n) is 12.1. The maximum atomic E-state index is 13.8. The highest BCUT2D eigenvalue weighted by Gasteiger charge is 2.59. The van der Waals surface area contributed by atoms with Crippen molar-refractivity contribution in [1.82, 2.24) is 0 Å². The van der Waals surface area contributed by atoms with Crippen molar-refractivity contribution in [2.45, 2.75) is 29.8 Å². The van der Waals surface area contributed by atoms with Gasteiger partial charge in [-0.3, -0.25) is 0 Å². The zero-order valence-corrected chi connectivity index (χ0v) is 13.7. The lowest BCUT2D eigenvalue weighted by atomic mass is 9.85. The van der Waals surface area contributed by atoms with E-state index in [0.717, 1.165) is 12.5 Å². The van der Waals surface area contributed by atoms with Crippen LogP contribution in [0.15, 0.2) is 22.2 Å². The van der Waals surface area contributed by atoms with Crippen molar-refractivity contribution in [3.63, 3.8) is 0 Å². The normalized spacial score (nSPS) is 25.3. The van der Waals surface area contributed by atoms with Gasteiger partial charge in [0, 0.05) is 12.0 Å². The summed E-state index contributed by atoms with van der Waals surface area (Å²) in [6, 6.07) is 2.62. The highest BCUT2D eigenvalue weighted by molar-refractivity contribution is 8.03. The third-order valence-electron chi connectivity index (χ3n) is 4.22. The van der Waals surface area contributed by atoms with E-state index in [0.29, 0.717) is 35.9 Å². The van der Waals surface area contributed by atoms with Gasteiger partial charge in [-0.2, -0.15) is 5.26 Å². The molecule has 0 N–H and O–H groups in total. The minimum absolute atomic E-state index is 0.156. The van der Waals surface area contributed by atoms with E-state index in [2.05, 4.69) is 5.16 Å². The van der Waals surface area contributed by atoms with Crippen molar-refractivity contribution in [3.8, 4) is 5.40 Å². The first-order valence-corrected chi connectivity index (χ1v) is 8.12. The summed E-state index contributed by atoms with van der Waals surface area (Å²) < 4.78 is 18.7. The summed E-state index contributed by atoms with van der Waals surface area (Å²) in [6.45, 7) is 0. The largest absolute Gasteiger partial charge is 0.466 e. The standard InChI is InChI=1S/C15H12ClFN2O3S/c1-21-14(20)15-4-2-3-9(15)13(19-22-15)8-5-12(23-7-18)11(17)6-10(8)16/h5-6,9H,2-4H2,1H3. The number of oxime groups is 1. The number of thiocyanates is 1. The molecule has 5 nitrogen and oxygen atoms in total. The van der Waals surface area contributed by atoms with Crippen molar-refractivity contribution in [3.05, 3.63) is 28.5 Å². The van der Waals surface area contributed by atoms with Gasteiger partial charge in [-0.25, -0.2) is 9.18 Å². The van der Waals surface area contributed by atoms with Crippen LogP contribution in [-0.2, 0) is 14.4 Å². The van der Waals surface area contributed by atoms with E-state index in [1.54, 1.807) is 0 Å². The summed E-state index contributed by atoms with van der Waals surface area (Å²) in [5.74, 6) is -1.34. The van der Waals surface area contributed by atoms with Crippen molar-refractivity contribution >= 4 is 35.0 Å². The molecular formula is C15H12ClFN2O3S. The number of hydrogen-bond acceptors (Lipinski definition) is 6.